The Bertz CT molecular complexity index is 1020. The Hall–Kier alpha value is -0.990. The van der Waals surface area contributed by atoms with Crippen molar-refractivity contribution in [2.24, 2.45) is 5.41 Å². The van der Waals surface area contributed by atoms with Crippen LogP contribution in [-0.2, 0) is 31.6 Å². The number of nitrogen functional groups attached to an aromatic ring is 1. The van der Waals surface area contributed by atoms with Crippen LogP contribution in [-0.4, -0.2) is 53.0 Å². The van der Waals surface area contributed by atoms with Crippen LogP contribution in [0.25, 0.3) is 0 Å². The van der Waals surface area contributed by atoms with Gasteiger partial charge in [0.05, 0.1) is 12.7 Å². The molecule has 16 nitrogen and oxygen atoms in total. The summed E-state index contributed by atoms with van der Waals surface area (Å²) in [4.78, 5) is 51.3. The number of nitrogens with two attached hydrogens (primary N) is 1. The maximum Gasteiger partial charge on any atom is 0.490 e. The van der Waals surface area contributed by atoms with E-state index in [2.05, 4.69) is 18.1 Å². The van der Waals surface area contributed by atoms with E-state index in [0.29, 0.717) is 12.8 Å². The molecule has 0 bridgehead atoms. The number of rotatable bonds is 8. The molecule has 5 atom stereocenters. The molecule has 1 saturated carbocycles. The van der Waals surface area contributed by atoms with Gasteiger partial charge in [-0.2, -0.15) is 13.6 Å². The second-order valence-electron chi connectivity index (χ2n) is 6.62. The maximum atomic E-state index is 12.0. The Morgan fingerprint density at radius 1 is 1.20 bits per heavy atom. The third-order valence-electron chi connectivity index (χ3n) is 4.56. The molecule has 170 valence electrons. The summed E-state index contributed by atoms with van der Waals surface area (Å²) in [5, 5.41) is 10.6. The Morgan fingerprint density at radius 2 is 1.83 bits per heavy atom. The summed E-state index contributed by atoms with van der Waals surface area (Å²) in [6, 6.07) is 1.30. The number of phosphoric acid groups is 3. The fourth-order valence-corrected chi connectivity index (χ4v) is 6.14. The summed E-state index contributed by atoms with van der Waals surface area (Å²) in [5.41, 5.74) is 3.69. The Morgan fingerprint density at radius 3 is 2.37 bits per heavy atom. The van der Waals surface area contributed by atoms with Crippen LogP contribution in [0.5, 0.6) is 0 Å². The van der Waals surface area contributed by atoms with E-state index in [-0.39, 0.29) is 5.82 Å². The fraction of sp³-hybridized carbons (Fsp3) is 0.636. The van der Waals surface area contributed by atoms with Gasteiger partial charge in [-0.05, 0) is 18.9 Å². The molecule has 19 heteroatoms. The highest BCUT2D eigenvalue weighted by Gasteiger charge is 2.64. The van der Waals surface area contributed by atoms with Gasteiger partial charge in [0.1, 0.15) is 11.9 Å². The van der Waals surface area contributed by atoms with Crippen LogP contribution in [0.15, 0.2) is 17.1 Å². The molecule has 2 unspecified atom stereocenters. The van der Waals surface area contributed by atoms with Gasteiger partial charge < -0.3 is 35.2 Å². The Kier molecular flexibility index (Phi) is 6.20. The highest BCUT2D eigenvalue weighted by atomic mass is 31.3. The standard InChI is InChI=1S/C11H18N3O13P3/c12-7-1-4-14(10(16)13-7)9-8(15)11(2-3-11)6(25-9)5-24-29(20,21)27-30(22,23)26-28(17,18)19/h1,4,6,8-9,15H,2-3,5H2,(H,20,21)(H,22,23)(H2,12,13,16)(H2,17,18,19)/t6-,8+,9-/m1/s1. The van der Waals surface area contributed by atoms with Gasteiger partial charge in [0, 0.05) is 11.6 Å². The van der Waals surface area contributed by atoms with Crippen LogP contribution < -0.4 is 11.4 Å². The van der Waals surface area contributed by atoms with Crippen molar-refractivity contribution >= 4 is 29.3 Å². The first-order valence-electron chi connectivity index (χ1n) is 8.11. The Balaban J connectivity index is 1.70. The van der Waals surface area contributed by atoms with Gasteiger partial charge in [-0.3, -0.25) is 9.09 Å². The van der Waals surface area contributed by atoms with E-state index in [9.17, 15) is 28.5 Å². The second kappa shape index (κ2) is 7.85. The molecule has 1 aliphatic carbocycles. The zero-order valence-corrected chi connectivity index (χ0v) is 17.5. The molecule has 1 saturated heterocycles. The van der Waals surface area contributed by atoms with Crippen molar-refractivity contribution in [1.29, 1.82) is 0 Å². The first-order valence-corrected chi connectivity index (χ1v) is 12.6. The molecular formula is C11H18N3O13P3. The molecule has 30 heavy (non-hydrogen) atoms. The number of nitrogens with zero attached hydrogens (tertiary/aromatic N) is 2. The second-order valence-corrected chi connectivity index (χ2v) is 11.0. The van der Waals surface area contributed by atoms with Gasteiger partial charge in [0.2, 0.25) is 0 Å². The molecule has 2 heterocycles. The minimum absolute atomic E-state index is 0.0471. The summed E-state index contributed by atoms with van der Waals surface area (Å²) in [6.07, 6.45) is -1.36. The van der Waals surface area contributed by atoms with Gasteiger partial charge in [-0.15, -0.1) is 0 Å². The minimum atomic E-state index is -5.65. The molecular weight excluding hydrogens is 475 g/mol. The normalized spacial score (nSPS) is 29.4. The van der Waals surface area contributed by atoms with Crippen LogP contribution in [0, 0.1) is 5.41 Å². The lowest BCUT2D eigenvalue weighted by molar-refractivity contribution is -0.0530. The summed E-state index contributed by atoms with van der Waals surface area (Å²) >= 11 is 0. The number of hydrogen-bond acceptors (Lipinski definition) is 11. The van der Waals surface area contributed by atoms with Crippen molar-refractivity contribution in [2.45, 2.75) is 31.3 Å². The average Bonchev–Trinajstić information content (AvgIpc) is 3.28. The molecule has 2 fully saturated rings. The lowest BCUT2D eigenvalue weighted by Gasteiger charge is -2.21. The third-order valence-corrected chi connectivity index (χ3v) is 8.36. The molecule has 3 rings (SSSR count). The van der Waals surface area contributed by atoms with Gasteiger partial charge in [0.15, 0.2) is 6.23 Å². The molecule has 1 spiro atoms. The van der Waals surface area contributed by atoms with Crippen molar-refractivity contribution in [3.63, 3.8) is 0 Å². The van der Waals surface area contributed by atoms with E-state index in [0.717, 1.165) is 4.57 Å². The SMILES string of the molecule is Nc1ccn([C@@H]2O[C@H](COP(=O)(O)OP(=O)(O)OP(=O)(O)O)C3(CC3)[C@H]2O)c(=O)n1. The monoisotopic (exact) mass is 493 g/mol. The van der Waals surface area contributed by atoms with E-state index in [1.54, 1.807) is 0 Å². The summed E-state index contributed by atoms with van der Waals surface area (Å²) in [6.45, 7) is -0.728. The summed E-state index contributed by atoms with van der Waals surface area (Å²) < 4.78 is 52.3. The molecule has 0 aromatic carbocycles. The fourth-order valence-electron chi connectivity index (χ4n) is 3.12. The van der Waals surface area contributed by atoms with Gasteiger partial charge >= 0.3 is 29.2 Å². The van der Waals surface area contributed by atoms with Crippen LogP contribution in [0.3, 0.4) is 0 Å². The molecule has 1 aromatic rings. The average molecular weight is 493 g/mol. The minimum Gasteiger partial charge on any atom is -0.388 e. The predicted molar refractivity (Wildman–Crippen MR) is 94.3 cm³/mol. The van der Waals surface area contributed by atoms with Crippen molar-refractivity contribution in [2.75, 3.05) is 12.3 Å². The number of aromatic nitrogens is 2. The number of aliphatic hydroxyl groups is 1. The third kappa shape index (κ3) is 5.25. The number of ether oxygens (including phenoxy) is 1. The smallest absolute Gasteiger partial charge is 0.388 e. The molecule has 1 aliphatic heterocycles. The highest BCUT2D eigenvalue weighted by Crippen LogP contribution is 2.67. The van der Waals surface area contributed by atoms with Crippen molar-refractivity contribution in [3.8, 4) is 0 Å². The van der Waals surface area contributed by atoms with Crippen molar-refractivity contribution in [1.82, 2.24) is 9.55 Å². The maximum absolute atomic E-state index is 12.0. The zero-order chi connectivity index (χ0) is 22.5. The summed E-state index contributed by atoms with van der Waals surface area (Å²) in [5.74, 6) is -0.0471. The van der Waals surface area contributed by atoms with Crippen LogP contribution in [0.4, 0.5) is 5.82 Å². The van der Waals surface area contributed by atoms with Crippen molar-refractivity contribution < 1.29 is 56.3 Å². The van der Waals surface area contributed by atoms with E-state index in [1.165, 1.54) is 12.3 Å². The summed E-state index contributed by atoms with van der Waals surface area (Å²) in [7, 11) is -16.5. The van der Waals surface area contributed by atoms with Crippen LogP contribution in [0.1, 0.15) is 19.1 Å². The first kappa shape index (κ1) is 23.7. The van der Waals surface area contributed by atoms with Crippen molar-refractivity contribution in [3.05, 3.63) is 22.7 Å². The van der Waals surface area contributed by atoms with E-state index >= 15 is 0 Å². The molecule has 2 aliphatic rings. The predicted octanol–water partition coefficient (Wildman–Crippen LogP) is -0.793. The molecule has 0 amide bonds. The zero-order valence-electron chi connectivity index (χ0n) is 14.8. The molecule has 7 N–H and O–H groups in total. The largest absolute Gasteiger partial charge is 0.490 e. The number of aliphatic hydroxyl groups excluding tert-OH is 1. The Labute approximate surface area is 167 Å². The molecule has 0 radical (unpaired) electrons. The number of phosphoric ester groups is 1. The highest BCUT2D eigenvalue weighted by molar-refractivity contribution is 7.66. The number of anilines is 1. The lowest BCUT2D eigenvalue weighted by Crippen LogP contribution is -2.34. The van der Waals surface area contributed by atoms with Crippen LogP contribution >= 0.6 is 23.5 Å². The van der Waals surface area contributed by atoms with Gasteiger partial charge in [0.25, 0.3) is 0 Å². The topological polar surface area (TPSA) is 250 Å². The van der Waals surface area contributed by atoms with Crippen LogP contribution in [0.2, 0.25) is 0 Å². The first-order chi connectivity index (χ1) is 13.6. The number of hydrogen-bond donors (Lipinski definition) is 6. The van der Waals surface area contributed by atoms with E-state index < -0.39 is 59.6 Å². The van der Waals surface area contributed by atoms with E-state index in [1.807, 2.05) is 0 Å². The van der Waals surface area contributed by atoms with E-state index in [4.69, 9.17) is 25.2 Å². The quantitative estimate of drug-likeness (QED) is 0.243. The van der Waals surface area contributed by atoms with Gasteiger partial charge in [-0.25, -0.2) is 18.5 Å². The van der Waals surface area contributed by atoms with Gasteiger partial charge in [-0.1, -0.05) is 0 Å². The lowest BCUT2D eigenvalue weighted by atomic mass is 9.95. The molecule has 1 aromatic heterocycles.